The molecule has 0 unspecified atom stereocenters. The minimum atomic E-state index is 0.131. The molecule has 1 heterocycles. The van der Waals surface area contributed by atoms with E-state index in [1.165, 1.54) is 0 Å². The largest absolute Gasteiger partial charge is 0.395 e. The van der Waals surface area contributed by atoms with Crippen molar-refractivity contribution in [2.45, 2.75) is 52.5 Å². The summed E-state index contributed by atoms with van der Waals surface area (Å²) in [5.41, 5.74) is 0. The number of rotatable bonds is 8. The Balaban J connectivity index is 3.20. The molecule has 1 rings (SSSR count). The molecule has 0 spiro atoms. The third-order valence-electron chi connectivity index (χ3n) is 3.52. The van der Waals surface area contributed by atoms with E-state index in [0.717, 1.165) is 30.3 Å². The molecule has 0 saturated carbocycles. The Labute approximate surface area is 122 Å². The van der Waals surface area contributed by atoms with Crippen LogP contribution in [0.15, 0.2) is 6.07 Å². The van der Waals surface area contributed by atoms with Crippen molar-refractivity contribution in [2.75, 3.05) is 30.4 Å². The summed E-state index contributed by atoms with van der Waals surface area (Å²) in [5.74, 6) is 2.84. The van der Waals surface area contributed by atoms with Crippen LogP contribution in [-0.2, 0) is 0 Å². The number of aromatic nitrogens is 2. The van der Waals surface area contributed by atoms with Crippen LogP contribution in [0.5, 0.6) is 0 Å². The van der Waals surface area contributed by atoms with Crippen LogP contribution in [0.1, 0.15) is 52.3 Å². The van der Waals surface area contributed by atoms with E-state index in [9.17, 15) is 5.11 Å². The molecule has 5 heteroatoms. The zero-order valence-corrected chi connectivity index (χ0v) is 13.3. The molecule has 0 saturated heterocycles. The first-order valence-corrected chi connectivity index (χ1v) is 7.51. The Morgan fingerprint density at radius 3 is 2.35 bits per heavy atom. The van der Waals surface area contributed by atoms with Crippen molar-refractivity contribution in [1.82, 2.24) is 9.97 Å². The summed E-state index contributed by atoms with van der Waals surface area (Å²) in [7, 11) is 1.86. The van der Waals surface area contributed by atoms with E-state index in [2.05, 4.69) is 47.9 Å². The van der Waals surface area contributed by atoms with Crippen molar-refractivity contribution in [3.05, 3.63) is 11.9 Å². The molecule has 0 aromatic carbocycles. The lowest BCUT2D eigenvalue weighted by Gasteiger charge is -2.31. The maximum absolute atomic E-state index is 9.34. The van der Waals surface area contributed by atoms with Gasteiger partial charge in [0, 0.05) is 31.6 Å². The fraction of sp³-hybridized carbons (Fsp3) is 0.733. The van der Waals surface area contributed by atoms with Gasteiger partial charge < -0.3 is 15.3 Å². The van der Waals surface area contributed by atoms with Gasteiger partial charge in [-0.05, 0) is 12.8 Å². The number of aliphatic hydroxyl groups excluding tert-OH is 1. The van der Waals surface area contributed by atoms with E-state index in [1.807, 2.05) is 13.1 Å². The Morgan fingerprint density at radius 1 is 1.25 bits per heavy atom. The van der Waals surface area contributed by atoms with Gasteiger partial charge in [-0.2, -0.15) is 0 Å². The van der Waals surface area contributed by atoms with Crippen molar-refractivity contribution in [3.8, 4) is 0 Å². The highest BCUT2D eigenvalue weighted by molar-refractivity contribution is 5.50. The molecule has 0 radical (unpaired) electrons. The minimum Gasteiger partial charge on any atom is -0.395 e. The number of nitrogens with zero attached hydrogens (tertiary/aromatic N) is 3. The Morgan fingerprint density at radius 2 is 1.90 bits per heavy atom. The molecule has 0 fully saturated rings. The van der Waals surface area contributed by atoms with Crippen molar-refractivity contribution < 1.29 is 5.11 Å². The molecule has 114 valence electrons. The van der Waals surface area contributed by atoms with E-state index >= 15 is 0 Å². The zero-order valence-electron chi connectivity index (χ0n) is 13.3. The van der Waals surface area contributed by atoms with Crippen molar-refractivity contribution in [1.29, 1.82) is 0 Å². The van der Waals surface area contributed by atoms with Crippen LogP contribution in [0.2, 0.25) is 0 Å². The number of anilines is 2. The molecule has 1 aromatic heterocycles. The van der Waals surface area contributed by atoms with Gasteiger partial charge in [0.05, 0.1) is 6.61 Å². The predicted octanol–water partition coefficient (Wildman–Crippen LogP) is 2.63. The first kappa shape index (κ1) is 16.7. The van der Waals surface area contributed by atoms with Gasteiger partial charge in [-0.25, -0.2) is 9.97 Å². The Kier molecular flexibility index (Phi) is 6.71. The number of hydrogen-bond donors (Lipinski definition) is 2. The molecule has 0 aliphatic rings. The standard InChI is InChI=1S/C15H28N4O/c1-6-12(7-2)19(8-9-20)14-10-13(16-5)17-15(18-14)11(3)4/h10-12,20H,6-9H2,1-5H3,(H,16,17,18). The maximum atomic E-state index is 9.34. The fourth-order valence-electron chi connectivity index (χ4n) is 2.31. The van der Waals surface area contributed by atoms with Gasteiger partial charge in [0.15, 0.2) is 0 Å². The van der Waals surface area contributed by atoms with Crippen LogP contribution in [0.25, 0.3) is 0 Å². The topological polar surface area (TPSA) is 61.3 Å². The van der Waals surface area contributed by atoms with E-state index in [1.54, 1.807) is 0 Å². The first-order valence-electron chi connectivity index (χ1n) is 7.51. The molecule has 20 heavy (non-hydrogen) atoms. The monoisotopic (exact) mass is 280 g/mol. The van der Waals surface area contributed by atoms with E-state index < -0.39 is 0 Å². The second-order valence-corrected chi connectivity index (χ2v) is 5.26. The van der Waals surface area contributed by atoms with Crippen LogP contribution >= 0.6 is 0 Å². The average molecular weight is 280 g/mol. The van der Waals surface area contributed by atoms with Crippen molar-refractivity contribution in [3.63, 3.8) is 0 Å². The van der Waals surface area contributed by atoms with Crippen molar-refractivity contribution in [2.24, 2.45) is 0 Å². The summed E-state index contributed by atoms with van der Waals surface area (Å²) in [4.78, 5) is 11.4. The average Bonchev–Trinajstić information content (AvgIpc) is 2.46. The summed E-state index contributed by atoms with van der Waals surface area (Å²) in [5, 5.41) is 12.4. The highest BCUT2D eigenvalue weighted by Gasteiger charge is 2.18. The Bertz CT molecular complexity index is 405. The third kappa shape index (κ3) is 4.07. The van der Waals surface area contributed by atoms with Crippen LogP contribution < -0.4 is 10.2 Å². The molecule has 0 aliphatic heterocycles. The van der Waals surface area contributed by atoms with Crippen LogP contribution in [0, 0.1) is 0 Å². The second kappa shape index (κ2) is 8.04. The van der Waals surface area contributed by atoms with E-state index in [0.29, 0.717) is 12.6 Å². The van der Waals surface area contributed by atoms with Crippen LogP contribution in [0.4, 0.5) is 11.6 Å². The van der Waals surface area contributed by atoms with Crippen LogP contribution in [-0.4, -0.2) is 41.3 Å². The van der Waals surface area contributed by atoms with E-state index in [4.69, 9.17) is 0 Å². The van der Waals surface area contributed by atoms with Gasteiger partial charge in [0.1, 0.15) is 17.5 Å². The molecule has 0 atom stereocenters. The lowest BCUT2D eigenvalue weighted by Crippen LogP contribution is -2.37. The zero-order chi connectivity index (χ0) is 15.1. The summed E-state index contributed by atoms with van der Waals surface area (Å²) < 4.78 is 0. The molecule has 0 aliphatic carbocycles. The van der Waals surface area contributed by atoms with Crippen molar-refractivity contribution >= 4 is 11.6 Å². The molecule has 0 bridgehead atoms. The SMILES string of the molecule is CCC(CC)N(CCO)c1cc(NC)nc(C(C)C)n1. The smallest absolute Gasteiger partial charge is 0.135 e. The molecular weight excluding hydrogens is 252 g/mol. The van der Waals surface area contributed by atoms with Gasteiger partial charge in [-0.3, -0.25) is 0 Å². The molecule has 5 nitrogen and oxygen atoms in total. The normalized spacial score (nSPS) is 11.2. The predicted molar refractivity (Wildman–Crippen MR) is 84.5 cm³/mol. The van der Waals surface area contributed by atoms with Gasteiger partial charge >= 0.3 is 0 Å². The number of hydrogen-bond acceptors (Lipinski definition) is 5. The van der Waals surface area contributed by atoms with Gasteiger partial charge in [0.25, 0.3) is 0 Å². The third-order valence-corrected chi connectivity index (χ3v) is 3.52. The van der Waals surface area contributed by atoms with E-state index in [-0.39, 0.29) is 12.5 Å². The van der Waals surface area contributed by atoms with Crippen LogP contribution in [0.3, 0.4) is 0 Å². The van der Waals surface area contributed by atoms with Gasteiger partial charge in [0.2, 0.25) is 0 Å². The second-order valence-electron chi connectivity index (χ2n) is 5.26. The quantitative estimate of drug-likeness (QED) is 0.766. The lowest BCUT2D eigenvalue weighted by atomic mass is 10.1. The number of nitrogens with one attached hydrogen (secondary N) is 1. The van der Waals surface area contributed by atoms with Gasteiger partial charge in [-0.15, -0.1) is 0 Å². The summed E-state index contributed by atoms with van der Waals surface area (Å²) in [6.07, 6.45) is 2.07. The number of aliphatic hydroxyl groups is 1. The summed E-state index contributed by atoms with van der Waals surface area (Å²) >= 11 is 0. The molecule has 0 amide bonds. The summed E-state index contributed by atoms with van der Waals surface area (Å²) in [6.45, 7) is 9.25. The molecule has 1 aromatic rings. The lowest BCUT2D eigenvalue weighted by molar-refractivity contribution is 0.295. The highest BCUT2D eigenvalue weighted by atomic mass is 16.3. The maximum Gasteiger partial charge on any atom is 0.135 e. The molecule has 2 N–H and O–H groups in total. The Hall–Kier alpha value is -1.36. The summed E-state index contributed by atoms with van der Waals surface area (Å²) in [6, 6.07) is 2.35. The first-order chi connectivity index (χ1) is 9.57. The fourth-order valence-corrected chi connectivity index (χ4v) is 2.31. The molecular formula is C15H28N4O. The minimum absolute atomic E-state index is 0.131. The van der Waals surface area contributed by atoms with Gasteiger partial charge in [-0.1, -0.05) is 27.7 Å². The highest BCUT2D eigenvalue weighted by Crippen LogP contribution is 2.23.